The predicted molar refractivity (Wildman–Crippen MR) is 109 cm³/mol. The molecule has 3 aromatic rings. The van der Waals surface area contributed by atoms with Gasteiger partial charge in [0.2, 0.25) is 0 Å². The number of benzene rings is 1. The van der Waals surface area contributed by atoms with Crippen molar-refractivity contribution in [3.8, 4) is 21.0 Å². The van der Waals surface area contributed by atoms with E-state index in [0.29, 0.717) is 15.3 Å². The number of hydrogen-bond acceptors (Lipinski definition) is 6. The second kappa shape index (κ2) is 8.16. The largest absolute Gasteiger partial charge is 0.468 e. The van der Waals surface area contributed by atoms with Crippen molar-refractivity contribution < 1.29 is 31.1 Å². The Morgan fingerprint density at radius 2 is 1.90 bits per heavy atom. The second-order valence-corrected chi connectivity index (χ2v) is 10.1. The molecule has 0 spiro atoms. The monoisotopic (exact) mass is 522 g/mol. The van der Waals surface area contributed by atoms with Crippen LogP contribution in [0.4, 0.5) is 13.2 Å². The predicted octanol–water partition coefficient (Wildman–Crippen LogP) is 4.64. The molecule has 0 unspecified atom stereocenters. The van der Waals surface area contributed by atoms with E-state index in [9.17, 15) is 26.4 Å². The molecule has 2 aromatic heterocycles. The molecule has 0 N–H and O–H groups in total. The molecule has 0 radical (unpaired) electrons. The molecule has 0 fully saturated rings. The van der Waals surface area contributed by atoms with E-state index in [4.69, 9.17) is 0 Å². The highest BCUT2D eigenvalue weighted by Crippen LogP contribution is 2.43. The zero-order valence-electron chi connectivity index (χ0n) is 15.5. The first-order valence-electron chi connectivity index (χ1n) is 8.23. The second-order valence-electron chi connectivity index (χ2n) is 6.21. The number of carbonyl (C=O) groups is 1. The average Bonchev–Trinajstić information content (AvgIpc) is 3.25. The van der Waals surface area contributed by atoms with Crippen LogP contribution in [-0.4, -0.2) is 37.5 Å². The van der Waals surface area contributed by atoms with Gasteiger partial charge in [0, 0.05) is 11.1 Å². The van der Waals surface area contributed by atoms with Crippen molar-refractivity contribution in [1.82, 2.24) is 9.78 Å². The maximum Gasteiger partial charge on any atom is 0.436 e. The molecule has 30 heavy (non-hydrogen) atoms. The average molecular weight is 523 g/mol. The molecule has 0 bridgehead atoms. The number of nitrogens with zero attached hydrogens (tertiary/aromatic N) is 2. The van der Waals surface area contributed by atoms with Gasteiger partial charge in [0.05, 0.1) is 27.0 Å². The topological polar surface area (TPSA) is 78.3 Å². The minimum atomic E-state index is -4.72. The molecule has 0 aliphatic carbocycles. The third-order valence-electron chi connectivity index (χ3n) is 4.06. The van der Waals surface area contributed by atoms with Gasteiger partial charge in [-0.2, -0.15) is 18.3 Å². The van der Waals surface area contributed by atoms with Gasteiger partial charge in [0.25, 0.3) is 0 Å². The molecule has 6 nitrogen and oxygen atoms in total. The molecule has 3 rings (SSSR count). The van der Waals surface area contributed by atoms with E-state index in [1.54, 1.807) is 24.3 Å². The van der Waals surface area contributed by atoms with Crippen LogP contribution < -0.4 is 0 Å². The van der Waals surface area contributed by atoms with Crippen LogP contribution in [0.1, 0.15) is 5.69 Å². The molecular weight excluding hydrogens is 509 g/mol. The molecule has 0 saturated heterocycles. The minimum Gasteiger partial charge on any atom is -0.468 e. The first-order chi connectivity index (χ1) is 13.9. The summed E-state index contributed by atoms with van der Waals surface area (Å²) < 4.78 is 68.8. The Labute approximate surface area is 182 Å². The van der Waals surface area contributed by atoms with Crippen molar-refractivity contribution in [2.45, 2.75) is 17.6 Å². The summed E-state index contributed by atoms with van der Waals surface area (Å²) in [6, 6.07) is 9.49. The molecule has 12 heteroatoms. The highest BCUT2D eigenvalue weighted by molar-refractivity contribution is 9.10. The van der Waals surface area contributed by atoms with Crippen LogP contribution in [0.3, 0.4) is 0 Å². The van der Waals surface area contributed by atoms with E-state index in [1.807, 2.05) is 0 Å². The highest BCUT2D eigenvalue weighted by atomic mass is 79.9. The van der Waals surface area contributed by atoms with E-state index in [1.165, 1.54) is 12.1 Å². The number of alkyl halides is 3. The standard InChI is InChI=1S/C18H14BrF3N2O4S2/c1-28-14(25)9-24-16(15(19)17(23-24)18(20,21)22)13-7-6-12(29-13)10-4-3-5-11(8-10)30(2,26)27/h3-8H,9H2,1-2H3. The Kier molecular flexibility index (Phi) is 6.12. The fourth-order valence-corrected chi connectivity index (χ4v) is 5.24. The van der Waals surface area contributed by atoms with Crippen LogP contribution >= 0.6 is 27.3 Å². The lowest BCUT2D eigenvalue weighted by Crippen LogP contribution is -2.15. The number of sulfone groups is 1. The summed E-state index contributed by atoms with van der Waals surface area (Å²) in [5, 5.41) is 3.55. The molecule has 0 saturated carbocycles. The normalized spacial score (nSPS) is 12.2. The third-order valence-corrected chi connectivity index (χ3v) is 7.06. The number of carbonyl (C=O) groups excluding carboxylic acids is 1. The summed E-state index contributed by atoms with van der Waals surface area (Å²) in [7, 11) is -2.29. The maximum absolute atomic E-state index is 13.3. The first-order valence-corrected chi connectivity index (χ1v) is 11.7. The maximum atomic E-state index is 13.3. The van der Waals surface area contributed by atoms with Gasteiger partial charge in [-0.1, -0.05) is 12.1 Å². The SMILES string of the molecule is COC(=O)Cn1nc(C(F)(F)F)c(Br)c1-c1ccc(-c2cccc(S(C)(=O)=O)c2)s1. The summed E-state index contributed by atoms with van der Waals surface area (Å²) in [5.74, 6) is -0.752. The number of thiophene rings is 1. The molecule has 0 atom stereocenters. The molecule has 160 valence electrons. The van der Waals surface area contributed by atoms with Gasteiger partial charge in [0.1, 0.15) is 6.54 Å². The van der Waals surface area contributed by atoms with Gasteiger partial charge in [-0.05, 0) is 45.8 Å². The van der Waals surface area contributed by atoms with Gasteiger partial charge >= 0.3 is 12.1 Å². The molecule has 0 aliphatic heterocycles. The summed E-state index contributed by atoms with van der Waals surface area (Å²) >= 11 is 4.10. The molecule has 1 aromatic carbocycles. The lowest BCUT2D eigenvalue weighted by atomic mass is 10.2. The molecule has 0 aliphatic rings. The number of aromatic nitrogens is 2. The van der Waals surface area contributed by atoms with Crippen molar-refractivity contribution in [2.24, 2.45) is 0 Å². The summed E-state index contributed by atoms with van der Waals surface area (Å²) in [5.41, 5.74) is -0.487. The van der Waals surface area contributed by atoms with Crippen LogP contribution in [0.25, 0.3) is 21.0 Å². The van der Waals surface area contributed by atoms with E-state index >= 15 is 0 Å². The Bertz CT molecular complexity index is 1220. The number of halogens is 4. The number of ether oxygens (including phenoxy) is 1. The van der Waals surface area contributed by atoms with Crippen LogP contribution in [-0.2, 0) is 32.1 Å². The third kappa shape index (κ3) is 4.60. The van der Waals surface area contributed by atoms with E-state index in [-0.39, 0.29) is 15.1 Å². The number of methoxy groups -OCH3 is 1. The van der Waals surface area contributed by atoms with E-state index < -0.39 is 34.2 Å². The lowest BCUT2D eigenvalue weighted by molar-refractivity contribution is -0.144. The molecular formula is C18H14BrF3N2O4S2. The zero-order valence-corrected chi connectivity index (χ0v) is 18.7. The van der Waals surface area contributed by atoms with Crippen molar-refractivity contribution >= 4 is 43.1 Å². The van der Waals surface area contributed by atoms with Crippen molar-refractivity contribution in [3.63, 3.8) is 0 Å². The van der Waals surface area contributed by atoms with Gasteiger partial charge in [-0.15, -0.1) is 11.3 Å². The number of rotatable bonds is 5. The fourth-order valence-electron chi connectivity index (χ4n) is 2.66. The quantitative estimate of drug-likeness (QED) is 0.456. The summed E-state index contributed by atoms with van der Waals surface area (Å²) in [4.78, 5) is 12.8. The van der Waals surface area contributed by atoms with Crippen molar-refractivity contribution in [1.29, 1.82) is 0 Å². The number of esters is 1. The van der Waals surface area contributed by atoms with Crippen LogP contribution in [0, 0.1) is 0 Å². The van der Waals surface area contributed by atoms with Gasteiger partial charge in [0.15, 0.2) is 15.5 Å². The van der Waals surface area contributed by atoms with Crippen molar-refractivity contribution in [3.05, 3.63) is 46.6 Å². The zero-order chi connectivity index (χ0) is 22.3. The van der Waals surface area contributed by atoms with Crippen LogP contribution in [0.15, 0.2) is 45.8 Å². The van der Waals surface area contributed by atoms with Gasteiger partial charge < -0.3 is 4.74 Å². The Balaban J connectivity index is 2.11. The number of hydrogen-bond donors (Lipinski definition) is 0. The smallest absolute Gasteiger partial charge is 0.436 e. The molecule has 2 heterocycles. The Morgan fingerprint density at radius 1 is 1.23 bits per heavy atom. The van der Waals surface area contributed by atoms with Gasteiger partial charge in [-0.3, -0.25) is 9.48 Å². The fraction of sp³-hybridized carbons (Fsp3) is 0.222. The van der Waals surface area contributed by atoms with E-state index in [0.717, 1.165) is 29.4 Å². The summed E-state index contributed by atoms with van der Waals surface area (Å²) in [6.45, 7) is -0.503. The minimum absolute atomic E-state index is 0.0724. The van der Waals surface area contributed by atoms with Crippen LogP contribution in [0.5, 0.6) is 0 Å². The lowest BCUT2D eigenvalue weighted by Gasteiger charge is -2.05. The van der Waals surface area contributed by atoms with Crippen LogP contribution in [0.2, 0.25) is 0 Å². The Hall–Kier alpha value is -2.18. The van der Waals surface area contributed by atoms with Gasteiger partial charge in [-0.25, -0.2) is 8.42 Å². The highest BCUT2D eigenvalue weighted by Gasteiger charge is 2.39. The first kappa shape index (κ1) is 22.5. The Morgan fingerprint density at radius 3 is 2.50 bits per heavy atom. The van der Waals surface area contributed by atoms with E-state index in [2.05, 4.69) is 25.8 Å². The summed E-state index contributed by atoms with van der Waals surface area (Å²) in [6.07, 6.45) is -3.63. The molecule has 0 amide bonds. The van der Waals surface area contributed by atoms with Crippen molar-refractivity contribution in [2.75, 3.05) is 13.4 Å².